The first kappa shape index (κ1) is 16.7. The summed E-state index contributed by atoms with van der Waals surface area (Å²) < 4.78 is 0. The zero-order valence-electron chi connectivity index (χ0n) is 13.5. The molecule has 0 aromatic carbocycles. The molecule has 1 heterocycles. The van der Waals surface area contributed by atoms with Crippen LogP contribution in [0.1, 0.15) is 70.2 Å². The van der Waals surface area contributed by atoms with Crippen molar-refractivity contribution in [3.8, 4) is 0 Å². The average Bonchev–Trinajstić information content (AvgIpc) is 2.74. The van der Waals surface area contributed by atoms with Crippen molar-refractivity contribution in [2.45, 2.75) is 66.8 Å². The lowest BCUT2D eigenvalue weighted by atomic mass is 9.83. The van der Waals surface area contributed by atoms with Crippen LogP contribution in [0.4, 0.5) is 0 Å². The van der Waals surface area contributed by atoms with E-state index in [1.165, 1.54) is 22.6 Å². The molecule has 2 heteroatoms. The van der Waals surface area contributed by atoms with Gasteiger partial charge in [-0.05, 0) is 49.3 Å². The Kier molecular flexibility index (Phi) is 6.55. The van der Waals surface area contributed by atoms with Crippen molar-refractivity contribution in [3.63, 3.8) is 0 Å². The predicted octanol–water partition coefficient (Wildman–Crippen LogP) is 5.42. The highest BCUT2D eigenvalue weighted by Crippen LogP contribution is 2.33. The Morgan fingerprint density at radius 3 is 2.37 bits per heavy atom. The Labute approximate surface area is 123 Å². The van der Waals surface area contributed by atoms with Crippen molar-refractivity contribution in [1.82, 2.24) is 5.32 Å². The number of thiophene rings is 1. The molecule has 0 aliphatic heterocycles. The molecule has 0 aliphatic carbocycles. The molecule has 0 amide bonds. The number of rotatable bonds is 7. The summed E-state index contributed by atoms with van der Waals surface area (Å²) in [4.78, 5) is 3.01. The third-order valence-corrected chi connectivity index (χ3v) is 4.77. The Morgan fingerprint density at radius 2 is 1.89 bits per heavy atom. The quantitative estimate of drug-likeness (QED) is 0.703. The normalized spacial score (nSPS) is 15.5. The monoisotopic (exact) mass is 281 g/mol. The maximum Gasteiger partial charge on any atom is 0.0417 e. The van der Waals surface area contributed by atoms with E-state index in [2.05, 4.69) is 59.0 Å². The Balaban J connectivity index is 2.67. The van der Waals surface area contributed by atoms with Gasteiger partial charge in [-0.2, -0.15) is 0 Å². The van der Waals surface area contributed by atoms with Gasteiger partial charge in [0.2, 0.25) is 0 Å². The molecule has 19 heavy (non-hydrogen) atoms. The minimum absolute atomic E-state index is 0.431. The minimum atomic E-state index is 0.431. The van der Waals surface area contributed by atoms with Crippen LogP contribution in [0.2, 0.25) is 0 Å². The van der Waals surface area contributed by atoms with Crippen LogP contribution < -0.4 is 5.32 Å². The number of nitrogens with one attached hydrogen (secondary N) is 1. The summed E-state index contributed by atoms with van der Waals surface area (Å²) in [6.07, 6.45) is 3.69. The van der Waals surface area contributed by atoms with Gasteiger partial charge in [-0.1, -0.05) is 41.5 Å². The second-order valence-corrected chi connectivity index (χ2v) is 8.07. The Hall–Kier alpha value is -0.340. The SMILES string of the molecule is CCNC(CC(C)CC(C)(C)C)c1ccc(CC)s1. The molecule has 1 aromatic rings. The second-order valence-electron chi connectivity index (χ2n) is 6.87. The maximum atomic E-state index is 3.66. The predicted molar refractivity (Wildman–Crippen MR) is 88.0 cm³/mol. The van der Waals surface area contributed by atoms with E-state index >= 15 is 0 Å². The van der Waals surface area contributed by atoms with Crippen molar-refractivity contribution >= 4 is 11.3 Å². The summed E-state index contributed by atoms with van der Waals surface area (Å²) in [5, 5.41) is 3.66. The van der Waals surface area contributed by atoms with Crippen molar-refractivity contribution in [3.05, 3.63) is 21.9 Å². The highest BCUT2D eigenvalue weighted by molar-refractivity contribution is 7.12. The van der Waals surface area contributed by atoms with Gasteiger partial charge in [0.25, 0.3) is 0 Å². The van der Waals surface area contributed by atoms with E-state index in [0.29, 0.717) is 11.5 Å². The molecule has 0 fully saturated rings. The fourth-order valence-corrected chi connectivity index (χ4v) is 3.89. The molecule has 0 saturated carbocycles. The lowest BCUT2D eigenvalue weighted by Gasteiger charge is -2.26. The third kappa shape index (κ3) is 6.09. The van der Waals surface area contributed by atoms with Gasteiger partial charge in [0.1, 0.15) is 0 Å². The van der Waals surface area contributed by atoms with Crippen LogP contribution in [-0.2, 0) is 6.42 Å². The lowest BCUT2D eigenvalue weighted by molar-refractivity contribution is 0.277. The fourth-order valence-electron chi connectivity index (χ4n) is 2.85. The molecule has 0 aliphatic rings. The second kappa shape index (κ2) is 7.44. The van der Waals surface area contributed by atoms with E-state index in [0.717, 1.165) is 18.9 Å². The van der Waals surface area contributed by atoms with Crippen LogP contribution in [-0.4, -0.2) is 6.54 Å². The first-order valence-electron chi connectivity index (χ1n) is 7.67. The van der Waals surface area contributed by atoms with Gasteiger partial charge < -0.3 is 5.32 Å². The number of hydrogen-bond acceptors (Lipinski definition) is 2. The van der Waals surface area contributed by atoms with Crippen molar-refractivity contribution in [1.29, 1.82) is 0 Å². The van der Waals surface area contributed by atoms with Gasteiger partial charge in [-0.3, -0.25) is 0 Å². The van der Waals surface area contributed by atoms with Crippen LogP contribution in [0.3, 0.4) is 0 Å². The third-order valence-electron chi connectivity index (χ3n) is 3.42. The topological polar surface area (TPSA) is 12.0 Å². The van der Waals surface area contributed by atoms with Crippen molar-refractivity contribution < 1.29 is 0 Å². The smallest absolute Gasteiger partial charge is 0.0417 e. The molecule has 0 saturated heterocycles. The summed E-state index contributed by atoms with van der Waals surface area (Å²) in [5.74, 6) is 0.760. The van der Waals surface area contributed by atoms with Crippen LogP contribution in [0.5, 0.6) is 0 Å². The highest BCUT2D eigenvalue weighted by Gasteiger charge is 2.20. The van der Waals surface area contributed by atoms with Crippen molar-refractivity contribution in [2.75, 3.05) is 6.54 Å². The molecular weight excluding hydrogens is 250 g/mol. The average molecular weight is 282 g/mol. The van der Waals surface area contributed by atoms with Gasteiger partial charge in [0, 0.05) is 15.8 Å². The summed E-state index contributed by atoms with van der Waals surface area (Å²) in [5.41, 5.74) is 0.431. The highest BCUT2D eigenvalue weighted by atomic mass is 32.1. The Morgan fingerprint density at radius 1 is 1.21 bits per heavy atom. The van der Waals surface area contributed by atoms with Crippen LogP contribution in [0, 0.1) is 11.3 Å². The van der Waals surface area contributed by atoms with Crippen LogP contribution >= 0.6 is 11.3 Å². The standard InChI is InChI=1S/C17H31NS/c1-7-14-9-10-16(19-14)15(18-8-2)11-13(3)12-17(4,5)6/h9-10,13,15,18H,7-8,11-12H2,1-6H3. The van der Waals surface area contributed by atoms with Gasteiger partial charge in [-0.25, -0.2) is 0 Å². The zero-order valence-corrected chi connectivity index (χ0v) is 14.4. The Bertz CT molecular complexity index is 362. The van der Waals surface area contributed by atoms with Gasteiger partial charge in [-0.15, -0.1) is 11.3 Å². The number of hydrogen-bond donors (Lipinski definition) is 1. The van der Waals surface area contributed by atoms with E-state index in [4.69, 9.17) is 0 Å². The van der Waals surface area contributed by atoms with E-state index in [1.54, 1.807) is 0 Å². The molecule has 1 aromatic heterocycles. The summed E-state index contributed by atoms with van der Waals surface area (Å²) >= 11 is 1.98. The van der Waals surface area contributed by atoms with Crippen molar-refractivity contribution in [2.24, 2.45) is 11.3 Å². The van der Waals surface area contributed by atoms with E-state index in [-0.39, 0.29) is 0 Å². The van der Waals surface area contributed by atoms with E-state index < -0.39 is 0 Å². The van der Waals surface area contributed by atoms with Gasteiger partial charge in [0.05, 0.1) is 0 Å². The molecule has 2 unspecified atom stereocenters. The molecule has 2 atom stereocenters. The van der Waals surface area contributed by atoms with Gasteiger partial charge >= 0.3 is 0 Å². The summed E-state index contributed by atoms with van der Waals surface area (Å²) in [6, 6.07) is 5.15. The minimum Gasteiger partial charge on any atom is -0.310 e. The summed E-state index contributed by atoms with van der Waals surface area (Å²) in [7, 11) is 0. The van der Waals surface area contributed by atoms with Gasteiger partial charge in [0.15, 0.2) is 0 Å². The first-order valence-corrected chi connectivity index (χ1v) is 8.49. The lowest BCUT2D eigenvalue weighted by Crippen LogP contribution is -2.23. The van der Waals surface area contributed by atoms with E-state index in [9.17, 15) is 0 Å². The molecule has 1 rings (SSSR count). The van der Waals surface area contributed by atoms with E-state index in [1.807, 2.05) is 11.3 Å². The van der Waals surface area contributed by atoms with Crippen LogP contribution in [0.15, 0.2) is 12.1 Å². The van der Waals surface area contributed by atoms with Crippen LogP contribution in [0.25, 0.3) is 0 Å². The molecular formula is C17H31NS. The molecule has 0 spiro atoms. The molecule has 0 radical (unpaired) electrons. The zero-order chi connectivity index (χ0) is 14.5. The largest absolute Gasteiger partial charge is 0.310 e. The molecule has 0 bridgehead atoms. The first-order chi connectivity index (χ1) is 8.85. The molecule has 110 valence electrons. The molecule has 1 N–H and O–H groups in total. The summed E-state index contributed by atoms with van der Waals surface area (Å²) in [6.45, 7) is 14.9. The number of aryl methyl sites for hydroxylation is 1. The maximum absolute atomic E-state index is 3.66. The fraction of sp³-hybridized carbons (Fsp3) is 0.765. The molecule has 1 nitrogen and oxygen atoms in total.